The number of hydrogen-bond acceptors (Lipinski definition) is 5. The minimum absolute atomic E-state index is 0.0956. The molecule has 4 rings (SSSR count). The first-order valence-corrected chi connectivity index (χ1v) is 12.7. The van der Waals surface area contributed by atoms with Crippen molar-refractivity contribution in [3.8, 4) is 6.07 Å². The van der Waals surface area contributed by atoms with Gasteiger partial charge in [0.2, 0.25) is 0 Å². The number of benzene rings is 1. The zero-order valence-electron chi connectivity index (χ0n) is 19.7. The topological polar surface area (TPSA) is 70.1 Å². The number of Topliss-reactive ketones (excluding diaryl/α,β-unsaturated/α-hetero) is 1. The Labute approximate surface area is 205 Å². The number of nitrogens with two attached hydrogens (primary N) is 1. The summed E-state index contributed by atoms with van der Waals surface area (Å²) in [6.45, 7) is 8.34. The Hall–Kier alpha value is -2.55. The zero-order valence-corrected chi connectivity index (χ0v) is 21.2. The lowest BCUT2D eigenvalue weighted by atomic mass is 9.69. The van der Waals surface area contributed by atoms with Crippen LogP contribution in [0.4, 0.5) is 5.69 Å². The SMILES string of the molecule is CCCCc1ccc(C2C(C#N)=C(N)N(c3ccc(C)c(Cl)c3)C3=C2C(=O)CC(C)(C)C3)s1. The standard InChI is InChI=1S/C27H30ClN3OS/c1-5-6-7-18-10-11-23(33-18)24-19(15-29)26(30)31(17-9-8-16(2)20(28)12-17)21-13-27(3,4)14-22(32)25(21)24/h8-12,24H,5-7,13-14,30H2,1-4H3. The van der Waals surface area contributed by atoms with Gasteiger partial charge in [0.25, 0.3) is 0 Å². The maximum atomic E-state index is 13.6. The second-order valence-corrected chi connectivity index (χ2v) is 11.4. The highest BCUT2D eigenvalue weighted by Gasteiger charge is 2.45. The summed E-state index contributed by atoms with van der Waals surface area (Å²) in [7, 11) is 0. The molecule has 6 heteroatoms. The predicted octanol–water partition coefficient (Wildman–Crippen LogP) is 6.99. The Morgan fingerprint density at radius 1 is 1.27 bits per heavy atom. The molecule has 1 aliphatic carbocycles. The third-order valence-electron chi connectivity index (χ3n) is 6.54. The quantitative estimate of drug-likeness (QED) is 0.501. The van der Waals surface area contributed by atoms with Gasteiger partial charge in [0.05, 0.1) is 17.6 Å². The lowest BCUT2D eigenvalue weighted by Crippen LogP contribution is -2.42. The van der Waals surface area contributed by atoms with Crippen molar-refractivity contribution >= 4 is 34.4 Å². The highest BCUT2D eigenvalue weighted by atomic mass is 35.5. The molecule has 0 saturated heterocycles. The number of carbonyl (C=O) groups excluding carboxylic acids is 1. The summed E-state index contributed by atoms with van der Waals surface area (Å²) < 4.78 is 0. The summed E-state index contributed by atoms with van der Waals surface area (Å²) in [6.07, 6.45) is 4.41. The Bertz CT molecular complexity index is 1210. The van der Waals surface area contributed by atoms with Crippen molar-refractivity contribution < 1.29 is 4.79 Å². The van der Waals surface area contributed by atoms with Gasteiger partial charge in [-0.2, -0.15) is 5.26 Å². The maximum absolute atomic E-state index is 13.6. The number of nitrogens with zero attached hydrogens (tertiary/aromatic N) is 2. The Balaban J connectivity index is 1.92. The highest BCUT2D eigenvalue weighted by molar-refractivity contribution is 7.12. The molecule has 0 saturated carbocycles. The highest BCUT2D eigenvalue weighted by Crippen LogP contribution is 2.51. The number of carbonyl (C=O) groups is 1. The molecular weight excluding hydrogens is 450 g/mol. The van der Waals surface area contributed by atoms with Crippen LogP contribution in [-0.2, 0) is 11.2 Å². The fraction of sp³-hybridized carbons (Fsp3) is 0.407. The number of unbranched alkanes of at least 4 members (excludes halogenated alkanes) is 1. The van der Waals surface area contributed by atoms with Crippen LogP contribution in [-0.4, -0.2) is 5.78 Å². The van der Waals surface area contributed by atoms with E-state index in [1.165, 1.54) is 4.88 Å². The minimum Gasteiger partial charge on any atom is -0.384 e. The number of anilines is 1. The maximum Gasteiger partial charge on any atom is 0.162 e. The van der Waals surface area contributed by atoms with Crippen LogP contribution in [0.3, 0.4) is 0 Å². The van der Waals surface area contributed by atoms with Crippen molar-refractivity contribution in [1.82, 2.24) is 0 Å². The summed E-state index contributed by atoms with van der Waals surface area (Å²) >= 11 is 8.14. The monoisotopic (exact) mass is 479 g/mol. The number of nitriles is 1. The fourth-order valence-electron chi connectivity index (χ4n) is 4.84. The lowest BCUT2D eigenvalue weighted by molar-refractivity contribution is -0.118. The summed E-state index contributed by atoms with van der Waals surface area (Å²) in [5.41, 5.74) is 10.3. The van der Waals surface area contributed by atoms with E-state index in [1.54, 1.807) is 11.3 Å². The Morgan fingerprint density at radius 2 is 2.03 bits per heavy atom. The van der Waals surface area contributed by atoms with E-state index in [9.17, 15) is 10.1 Å². The van der Waals surface area contributed by atoms with Gasteiger partial charge in [0.1, 0.15) is 5.82 Å². The molecule has 2 N–H and O–H groups in total. The van der Waals surface area contributed by atoms with Gasteiger partial charge in [-0.15, -0.1) is 11.3 Å². The molecule has 0 amide bonds. The molecule has 2 aliphatic rings. The molecule has 1 aliphatic heterocycles. The number of thiophene rings is 1. The molecule has 1 aromatic carbocycles. The largest absolute Gasteiger partial charge is 0.384 e. The smallest absolute Gasteiger partial charge is 0.162 e. The van der Waals surface area contributed by atoms with Gasteiger partial charge in [-0.3, -0.25) is 9.69 Å². The van der Waals surface area contributed by atoms with Crippen LogP contribution < -0.4 is 10.6 Å². The molecule has 1 aromatic heterocycles. The van der Waals surface area contributed by atoms with Crippen LogP contribution >= 0.6 is 22.9 Å². The normalized spacial score (nSPS) is 20.2. The van der Waals surface area contributed by atoms with Gasteiger partial charge in [0, 0.05) is 38.2 Å². The van der Waals surface area contributed by atoms with E-state index < -0.39 is 5.92 Å². The minimum atomic E-state index is -0.411. The van der Waals surface area contributed by atoms with Gasteiger partial charge < -0.3 is 5.73 Å². The van der Waals surface area contributed by atoms with Gasteiger partial charge >= 0.3 is 0 Å². The first-order chi connectivity index (χ1) is 15.7. The molecule has 4 nitrogen and oxygen atoms in total. The van der Waals surface area contributed by atoms with Gasteiger partial charge in [-0.05, 0) is 61.4 Å². The number of rotatable bonds is 5. The number of ketones is 1. The predicted molar refractivity (Wildman–Crippen MR) is 136 cm³/mol. The Morgan fingerprint density at radius 3 is 2.70 bits per heavy atom. The first kappa shape index (κ1) is 23.6. The molecule has 172 valence electrons. The van der Waals surface area contributed by atoms with E-state index in [2.05, 4.69) is 39.0 Å². The molecule has 33 heavy (non-hydrogen) atoms. The number of halogens is 1. The van der Waals surface area contributed by atoms with E-state index in [-0.39, 0.29) is 11.2 Å². The van der Waals surface area contributed by atoms with Crippen molar-refractivity contribution in [2.24, 2.45) is 11.1 Å². The summed E-state index contributed by atoms with van der Waals surface area (Å²) in [5.74, 6) is 0.0690. The van der Waals surface area contributed by atoms with E-state index in [0.29, 0.717) is 34.8 Å². The third-order valence-corrected chi connectivity index (χ3v) is 8.16. The molecule has 0 bridgehead atoms. The van der Waals surface area contributed by atoms with E-state index in [4.69, 9.17) is 17.3 Å². The van der Waals surface area contributed by atoms with Crippen molar-refractivity contribution in [3.05, 3.63) is 73.3 Å². The number of hydrogen-bond donors (Lipinski definition) is 1. The fourth-order valence-corrected chi connectivity index (χ4v) is 6.19. The summed E-state index contributed by atoms with van der Waals surface area (Å²) in [6, 6.07) is 12.3. The number of aryl methyl sites for hydroxylation is 2. The molecule has 1 atom stereocenters. The van der Waals surface area contributed by atoms with E-state index in [1.807, 2.05) is 30.0 Å². The molecule has 2 aromatic rings. The molecule has 0 fully saturated rings. The van der Waals surface area contributed by atoms with Crippen molar-refractivity contribution in [2.45, 2.75) is 65.7 Å². The third kappa shape index (κ3) is 4.35. The van der Waals surface area contributed by atoms with Gasteiger partial charge in [-0.25, -0.2) is 0 Å². The Kier molecular flexibility index (Phi) is 6.44. The number of allylic oxidation sites excluding steroid dienone is 3. The van der Waals surface area contributed by atoms with Crippen molar-refractivity contribution in [2.75, 3.05) is 4.90 Å². The van der Waals surface area contributed by atoms with E-state index >= 15 is 0 Å². The summed E-state index contributed by atoms with van der Waals surface area (Å²) in [4.78, 5) is 17.8. The zero-order chi connectivity index (χ0) is 23.9. The second-order valence-electron chi connectivity index (χ2n) is 9.82. The summed E-state index contributed by atoms with van der Waals surface area (Å²) in [5, 5.41) is 10.8. The molecule has 1 unspecified atom stereocenters. The molecule has 2 heterocycles. The van der Waals surface area contributed by atoms with Crippen LogP contribution in [0.15, 0.2) is 53.0 Å². The molecule has 0 spiro atoms. The second kappa shape index (κ2) is 9.00. The van der Waals surface area contributed by atoms with Crippen molar-refractivity contribution in [1.29, 1.82) is 5.26 Å². The molecular formula is C27H30ClN3OS. The first-order valence-electron chi connectivity index (χ1n) is 11.5. The van der Waals surface area contributed by atoms with Crippen LogP contribution in [0.5, 0.6) is 0 Å². The average molecular weight is 480 g/mol. The van der Waals surface area contributed by atoms with E-state index in [0.717, 1.165) is 41.1 Å². The van der Waals surface area contributed by atoms with Gasteiger partial charge in [-0.1, -0.05) is 44.9 Å². The van der Waals surface area contributed by atoms with Crippen LogP contribution in [0.25, 0.3) is 0 Å². The van der Waals surface area contributed by atoms with Crippen molar-refractivity contribution in [3.63, 3.8) is 0 Å². The van der Waals surface area contributed by atoms with Crippen LogP contribution in [0.2, 0.25) is 5.02 Å². The van der Waals surface area contributed by atoms with Crippen LogP contribution in [0, 0.1) is 23.7 Å². The lowest BCUT2D eigenvalue weighted by Gasteiger charge is -2.43. The average Bonchev–Trinajstić information content (AvgIpc) is 3.21. The van der Waals surface area contributed by atoms with Gasteiger partial charge in [0.15, 0.2) is 5.78 Å². The molecule has 0 radical (unpaired) electrons. The van der Waals surface area contributed by atoms with Crippen LogP contribution in [0.1, 0.15) is 67.7 Å².